The largest absolute Gasteiger partial charge is 0.509 e. The van der Waals surface area contributed by atoms with Gasteiger partial charge in [0.25, 0.3) is 0 Å². The fraction of sp³-hybridized carbons (Fsp3) is 0.933. The van der Waals surface area contributed by atoms with Gasteiger partial charge in [-0.15, -0.1) is 0 Å². The van der Waals surface area contributed by atoms with Gasteiger partial charge in [-0.2, -0.15) is 0 Å². The zero-order valence-electron chi connectivity index (χ0n) is 26.5. The maximum atomic E-state index is 10.4. The van der Waals surface area contributed by atoms with Crippen LogP contribution in [0.4, 0.5) is 4.79 Å². The summed E-state index contributed by atoms with van der Waals surface area (Å²) in [5, 5.41) is 2.18. The standard InChI is InChI=1S/C22H47NO2.C5H6O4.C3H8/c1-10-13-22(12-3,17-20(5,6)24-15-14-23-9)18-21(7,8)25-16-19(4)11-2;1-3(6)4-2-8-5(7)9-4;1-3-2/h19,23H,10-18H2,1-9H3;4H,2H2,1H3;3H2,1-2H3/p+1. The quantitative estimate of drug-likeness (QED) is 0.185. The summed E-state index contributed by atoms with van der Waals surface area (Å²) in [6.07, 6.45) is 6.86. The van der Waals surface area contributed by atoms with Crippen LogP contribution in [0.2, 0.25) is 0 Å². The van der Waals surface area contributed by atoms with Crippen molar-refractivity contribution >= 4 is 11.9 Å². The molecule has 7 nitrogen and oxygen atoms in total. The van der Waals surface area contributed by atoms with Crippen LogP contribution in [-0.4, -0.2) is 62.7 Å². The zero-order valence-corrected chi connectivity index (χ0v) is 26.5. The number of hydrogen-bond acceptors (Lipinski definition) is 6. The fourth-order valence-electron chi connectivity index (χ4n) is 4.57. The van der Waals surface area contributed by atoms with Gasteiger partial charge in [-0.1, -0.05) is 67.2 Å². The Labute approximate surface area is 229 Å². The van der Waals surface area contributed by atoms with Crippen molar-refractivity contribution in [3.8, 4) is 0 Å². The summed E-state index contributed by atoms with van der Waals surface area (Å²) < 4.78 is 21.3. The van der Waals surface area contributed by atoms with Crippen molar-refractivity contribution in [3.63, 3.8) is 0 Å². The molecule has 0 saturated carbocycles. The molecule has 2 N–H and O–H groups in total. The number of hydrogen-bond donors (Lipinski definition) is 1. The Morgan fingerprint density at radius 1 is 1.05 bits per heavy atom. The lowest BCUT2D eigenvalue weighted by molar-refractivity contribution is -0.629. The van der Waals surface area contributed by atoms with Crippen LogP contribution in [-0.2, 0) is 23.7 Å². The molecule has 37 heavy (non-hydrogen) atoms. The Kier molecular flexibility index (Phi) is 20.3. The minimum Gasteiger partial charge on any atom is -0.430 e. The zero-order chi connectivity index (χ0) is 29.1. The first-order valence-electron chi connectivity index (χ1n) is 14.6. The van der Waals surface area contributed by atoms with Gasteiger partial charge < -0.3 is 24.3 Å². The lowest BCUT2D eigenvalue weighted by atomic mass is 9.67. The molecule has 0 radical (unpaired) electrons. The van der Waals surface area contributed by atoms with E-state index in [1.807, 2.05) is 0 Å². The number of ether oxygens (including phenoxy) is 4. The molecule has 0 aromatic heterocycles. The first-order valence-corrected chi connectivity index (χ1v) is 14.6. The Bertz CT molecular complexity index is 607. The van der Waals surface area contributed by atoms with Crippen molar-refractivity contribution in [1.29, 1.82) is 0 Å². The average molecular weight is 533 g/mol. The summed E-state index contributed by atoms with van der Waals surface area (Å²) in [6, 6.07) is 0. The summed E-state index contributed by atoms with van der Waals surface area (Å²) in [4.78, 5) is 20.6. The van der Waals surface area contributed by atoms with E-state index in [1.54, 1.807) is 0 Å². The minimum atomic E-state index is -0.754. The number of nitrogens with two attached hydrogens (primary N) is 1. The second-order valence-corrected chi connectivity index (χ2v) is 11.8. The molecule has 0 spiro atoms. The number of ketones is 1. The number of likely N-dealkylation sites (N-methyl/N-ethyl adjacent to an activating group) is 1. The molecule has 1 aliphatic rings. The highest BCUT2D eigenvalue weighted by molar-refractivity contribution is 5.84. The van der Waals surface area contributed by atoms with Crippen molar-refractivity contribution in [2.75, 3.05) is 33.4 Å². The molecule has 1 aliphatic heterocycles. The minimum absolute atomic E-state index is 0.0637. The Balaban J connectivity index is 0. The number of carbonyl (C=O) groups excluding carboxylic acids is 2. The third-order valence-electron chi connectivity index (χ3n) is 6.53. The van der Waals surface area contributed by atoms with Crippen LogP contribution in [0.1, 0.15) is 121 Å². The third kappa shape index (κ3) is 18.7. The van der Waals surface area contributed by atoms with E-state index in [1.165, 1.54) is 39.0 Å². The molecular formula is C30H62NO6+. The van der Waals surface area contributed by atoms with E-state index in [2.05, 4.69) is 91.1 Å². The molecule has 0 amide bonds. The van der Waals surface area contributed by atoms with Gasteiger partial charge >= 0.3 is 6.16 Å². The Morgan fingerprint density at radius 2 is 1.59 bits per heavy atom. The summed E-state index contributed by atoms with van der Waals surface area (Å²) in [7, 11) is 2.10. The highest BCUT2D eigenvalue weighted by atomic mass is 16.8. The SMILES string of the molecule is CC(=O)C1COC(=O)O1.CCC.CCCC(CC)(CC(C)(C)OCC[NH2+]C)CC(C)(C)OCC(C)CC. The number of carbonyl (C=O) groups is 2. The lowest BCUT2D eigenvalue weighted by Gasteiger charge is -2.44. The molecule has 222 valence electrons. The predicted octanol–water partition coefficient (Wildman–Crippen LogP) is 6.32. The molecule has 7 heteroatoms. The van der Waals surface area contributed by atoms with Gasteiger partial charge in [-0.25, -0.2) is 4.79 Å². The van der Waals surface area contributed by atoms with Crippen LogP contribution >= 0.6 is 0 Å². The van der Waals surface area contributed by atoms with Gasteiger partial charge in [0.1, 0.15) is 6.61 Å². The van der Waals surface area contributed by atoms with E-state index >= 15 is 0 Å². The molecule has 0 bridgehead atoms. The van der Waals surface area contributed by atoms with E-state index < -0.39 is 12.3 Å². The van der Waals surface area contributed by atoms with Crippen molar-refractivity contribution in [3.05, 3.63) is 0 Å². The highest BCUT2D eigenvalue weighted by Crippen LogP contribution is 2.45. The molecule has 0 aliphatic carbocycles. The molecule has 1 rings (SSSR count). The van der Waals surface area contributed by atoms with Crippen LogP contribution in [0.3, 0.4) is 0 Å². The van der Waals surface area contributed by atoms with Crippen LogP contribution in [0.5, 0.6) is 0 Å². The van der Waals surface area contributed by atoms with Gasteiger partial charge in [0.05, 0.1) is 31.4 Å². The van der Waals surface area contributed by atoms with Crippen molar-refractivity contribution in [2.24, 2.45) is 11.3 Å². The highest BCUT2D eigenvalue weighted by Gasteiger charge is 2.40. The maximum absolute atomic E-state index is 10.4. The number of Topliss-reactive ketones (excluding diaryl/α,β-unsaturated/α-hetero) is 1. The van der Waals surface area contributed by atoms with Crippen molar-refractivity contribution in [2.45, 2.75) is 138 Å². The van der Waals surface area contributed by atoms with Gasteiger partial charge in [0, 0.05) is 6.61 Å². The molecule has 1 saturated heterocycles. The van der Waals surface area contributed by atoms with E-state index in [0.29, 0.717) is 5.92 Å². The van der Waals surface area contributed by atoms with Crippen molar-refractivity contribution < 1.29 is 33.9 Å². The second kappa shape index (κ2) is 19.8. The molecule has 0 aromatic rings. The molecule has 0 aromatic carbocycles. The normalized spacial score (nSPS) is 17.8. The van der Waals surface area contributed by atoms with Gasteiger partial charge in [-0.05, 0) is 65.2 Å². The molecule has 1 heterocycles. The first kappa shape index (κ1) is 38.0. The summed E-state index contributed by atoms with van der Waals surface area (Å²) >= 11 is 0. The topological polar surface area (TPSA) is 87.7 Å². The molecule has 1 fully saturated rings. The Hall–Kier alpha value is -1.18. The first-order chi connectivity index (χ1) is 17.2. The summed E-state index contributed by atoms with van der Waals surface area (Å²) in [6.45, 7) is 26.6. The van der Waals surface area contributed by atoms with Crippen LogP contribution in [0.15, 0.2) is 0 Å². The van der Waals surface area contributed by atoms with Crippen LogP contribution in [0, 0.1) is 11.3 Å². The molecular weight excluding hydrogens is 470 g/mol. The fourth-order valence-corrected chi connectivity index (χ4v) is 4.57. The van der Waals surface area contributed by atoms with E-state index in [-0.39, 0.29) is 29.0 Å². The van der Waals surface area contributed by atoms with E-state index in [9.17, 15) is 9.59 Å². The van der Waals surface area contributed by atoms with Crippen LogP contribution in [0.25, 0.3) is 0 Å². The van der Waals surface area contributed by atoms with E-state index in [0.717, 1.165) is 32.6 Å². The monoisotopic (exact) mass is 532 g/mol. The van der Waals surface area contributed by atoms with E-state index in [4.69, 9.17) is 9.47 Å². The summed E-state index contributed by atoms with van der Waals surface area (Å²) in [5.74, 6) is 0.451. The number of quaternary nitrogens is 1. The van der Waals surface area contributed by atoms with Crippen molar-refractivity contribution in [1.82, 2.24) is 0 Å². The smallest absolute Gasteiger partial charge is 0.430 e. The van der Waals surface area contributed by atoms with Gasteiger partial charge in [0.15, 0.2) is 11.9 Å². The van der Waals surface area contributed by atoms with Gasteiger partial charge in [0.2, 0.25) is 0 Å². The number of cyclic esters (lactones) is 2. The molecule has 3 unspecified atom stereocenters. The van der Waals surface area contributed by atoms with Crippen LogP contribution < -0.4 is 5.32 Å². The average Bonchev–Trinajstić information content (AvgIpc) is 3.25. The summed E-state index contributed by atoms with van der Waals surface area (Å²) in [5.41, 5.74) is 0.121. The third-order valence-corrected chi connectivity index (χ3v) is 6.53. The Morgan fingerprint density at radius 3 is 1.95 bits per heavy atom. The predicted molar refractivity (Wildman–Crippen MR) is 152 cm³/mol. The lowest BCUT2D eigenvalue weighted by Crippen LogP contribution is -2.80. The second-order valence-electron chi connectivity index (χ2n) is 11.8. The number of rotatable bonds is 16. The van der Waals surface area contributed by atoms with Gasteiger partial charge in [-0.3, -0.25) is 4.79 Å². The molecule has 3 atom stereocenters. The maximum Gasteiger partial charge on any atom is 0.509 e.